The lowest BCUT2D eigenvalue weighted by Crippen LogP contribution is -2.30. The Labute approximate surface area is 136 Å². The normalized spacial score (nSPS) is 24.3. The van der Waals surface area contributed by atoms with Gasteiger partial charge in [-0.2, -0.15) is 0 Å². The number of nitrogens with zero attached hydrogens (tertiary/aromatic N) is 2. The average Bonchev–Trinajstić information content (AvgIpc) is 3.01. The summed E-state index contributed by atoms with van der Waals surface area (Å²) >= 11 is 0. The minimum Gasteiger partial charge on any atom is -0.306 e. The molecule has 2 aromatic rings. The first kappa shape index (κ1) is 14.6. The number of likely N-dealkylation sites (tertiary alicyclic amines) is 1. The van der Waals surface area contributed by atoms with E-state index >= 15 is 0 Å². The summed E-state index contributed by atoms with van der Waals surface area (Å²) in [6.07, 6.45) is 2.23. The summed E-state index contributed by atoms with van der Waals surface area (Å²) in [5.41, 5.74) is 4.59. The SMILES string of the molecule is CN1CC[C@@H]([C@@H]2Cc3ccccc3C(c3ccc(F)cc3)=N2)C1. The highest BCUT2D eigenvalue weighted by Crippen LogP contribution is 2.30. The van der Waals surface area contributed by atoms with Gasteiger partial charge in [0, 0.05) is 17.7 Å². The lowest BCUT2D eigenvalue weighted by Gasteiger charge is -2.27. The Morgan fingerprint density at radius 2 is 1.87 bits per heavy atom. The summed E-state index contributed by atoms with van der Waals surface area (Å²) in [5.74, 6) is 0.413. The summed E-state index contributed by atoms with van der Waals surface area (Å²) in [5, 5.41) is 0. The molecule has 0 radical (unpaired) electrons. The van der Waals surface area contributed by atoms with Crippen LogP contribution >= 0.6 is 0 Å². The first-order chi connectivity index (χ1) is 11.2. The van der Waals surface area contributed by atoms with Crippen LogP contribution in [0.25, 0.3) is 0 Å². The van der Waals surface area contributed by atoms with Crippen LogP contribution in [0.3, 0.4) is 0 Å². The van der Waals surface area contributed by atoms with Crippen molar-refractivity contribution in [3.05, 3.63) is 71.0 Å². The molecule has 0 bridgehead atoms. The molecule has 1 saturated heterocycles. The molecule has 3 heteroatoms. The molecule has 118 valence electrons. The van der Waals surface area contributed by atoms with Crippen molar-refractivity contribution in [1.29, 1.82) is 0 Å². The smallest absolute Gasteiger partial charge is 0.123 e. The van der Waals surface area contributed by atoms with Crippen molar-refractivity contribution in [2.45, 2.75) is 18.9 Å². The van der Waals surface area contributed by atoms with E-state index in [1.807, 2.05) is 12.1 Å². The maximum Gasteiger partial charge on any atom is 0.123 e. The molecule has 2 heterocycles. The molecule has 4 rings (SSSR count). The highest BCUT2D eigenvalue weighted by atomic mass is 19.1. The molecule has 0 saturated carbocycles. The van der Waals surface area contributed by atoms with Crippen molar-refractivity contribution in [1.82, 2.24) is 4.90 Å². The fourth-order valence-electron chi connectivity index (χ4n) is 3.83. The second-order valence-electron chi connectivity index (χ2n) is 6.72. The van der Waals surface area contributed by atoms with Crippen LogP contribution in [0, 0.1) is 11.7 Å². The Morgan fingerprint density at radius 1 is 1.09 bits per heavy atom. The first-order valence-electron chi connectivity index (χ1n) is 8.31. The third kappa shape index (κ3) is 2.81. The van der Waals surface area contributed by atoms with E-state index in [9.17, 15) is 4.39 Å². The molecular weight excluding hydrogens is 287 g/mol. The standard InChI is InChI=1S/C20H21FN2/c1-23-11-10-16(13-23)19-12-15-4-2-3-5-18(15)20(22-19)14-6-8-17(21)9-7-14/h2-9,16,19H,10-13H2,1H3/t16-,19+/m1/s1. The van der Waals surface area contributed by atoms with Gasteiger partial charge in [-0.1, -0.05) is 24.3 Å². The van der Waals surface area contributed by atoms with Crippen molar-refractivity contribution in [3.8, 4) is 0 Å². The quantitative estimate of drug-likeness (QED) is 0.828. The van der Waals surface area contributed by atoms with Crippen LogP contribution in [0.1, 0.15) is 23.1 Å². The van der Waals surface area contributed by atoms with Crippen LogP contribution in [-0.2, 0) is 6.42 Å². The van der Waals surface area contributed by atoms with Crippen molar-refractivity contribution >= 4 is 5.71 Å². The Morgan fingerprint density at radius 3 is 2.61 bits per heavy atom. The summed E-state index contributed by atoms with van der Waals surface area (Å²) in [6, 6.07) is 15.6. The Kier molecular flexibility index (Phi) is 3.74. The topological polar surface area (TPSA) is 15.6 Å². The zero-order valence-corrected chi connectivity index (χ0v) is 13.4. The third-order valence-electron chi connectivity index (χ3n) is 5.09. The second kappa shape index (κ2) is 5.89. The first-order valence-corrected chi connectivity index (χ1v) is 8.31. The van der Waals surface area contributed by atoms with Gasteiger partial charge in [-0.05, 0) is 62.2 Å². The summed E-state index contributed by atoms with van der Waals surface area (Å²) in [6.45, 7) is 2.28. The van der Waals surface area contributed by atoms with E-state index in [4.69, 9.17) is 4.99 Å². The minimum atomic E-state index is -0.201. The van der Waals surface area contributed by atoms with Crippen LogP contribution in [0.4, 0.5) is 4.39 Å². The highest BCUT2D eigenvalue weighted by molar-refractivity contribution is 6.14. The van der Waals surface area contributed by atoms with Gasteiger partial charge in [0.25, 0.3) is 0 Å². The van der Waals surface area contributed by atoms with Crippen LogP contribution in [0.15, 0.2) is 53.5 Å². The van der Waals surface area contributed by atoms with E-state index in [-0.39, 0.29) is 5.82 Å². The van der Waals surface area contributed by atoms with Gasteiger partial charge in [0.15, 0.2) is 0 Å². The van der Waals surface area contributed by atoms with Crippen LogP contribution in [0.2, 0.25) is 0 Å². The molecule has 2 nitrogen and oxygen atoms in total. The van der Waals surface area contributed by atoms with Gasteiger partial charge in [0.1, 0.15) is 5.82 Å². The maximum absolute atomic E-state index is 13.3. The zero-order chi connectivity index (χ0) is 15.8. The van der Waals surface area contributed by atoms with Crippen molar-refractivity contribution in [2.24, 2.45) is 10.9 Å². The maximum atomic E-state index is 13.3. The summed E-state index contributed by atoms with van der Waals surface area (Å²) in [4.78, 5) is 7.49. The molecule has 1 fully saturated rings. The molecule has 0 amide bonds. The van der Waals surface area contributed by atoms with Gasteiger partial charge in [-0.3, -0.25) is 4.99 Å². The van der Waals surface area contributed by atoms with Gasteiger partial charge in [0.2, 0.25) is 0 Å². The molecule has 0 aliphatic carbocycles. The van der Waals surface area contributed by atoms with E-state index < -0.39 is 0 Å². The number of fused-ring (bicyclic) bond motifs is 1. The molecule has 0 spiro atoms. The third-order valence-corrected chi connectivity index (χ3v) is 5.09. The molecule has 2 aliphatic heterocycles. The minimum absolute atomic E-state index is 0.201. The summed E-state index contributed by atoms with van der Waals surface area (Å²) < 4.78 is 13.3. The monoisotopic (exact) mass is 308 g/mol. The molecule has 0 N–H and O–H groups in total. The van der Waals surface area contributed by atoms with Gasteiger partial charge in [-0.15, -0.1) is 0 Å². The van der Waals surface area contributed by atoms with E-state index in [2.05, 4.69) is 36.2 Å². The fourth-order valence-corrected chi connectivity index (χ4v) is 3.83. The largest absolute Gasteiger partial charge is 0.306 e. The lowest BCUT2D eigenvalue weighted by atomic mass is 9.85. The van der Waals surface area contributed by atoms with Crippen molar-refractivity contribution in [2.75, 3.05) is 20.1 Å². The Balaban J connectivity index is 1.75. The van der Waals surface area contributed by atoms with Crippen molar-refractivity contribution in [3.63, 3.8) is 0 Å². The average molecular weight is 308 g/mol. The molecular formula is C20H21FN2. The lowest BCUT2D eigenvalue weighted by molar-refractivity contribution is 0.368. The number of aliphatic imine (C=N–C) groups is 1. The van der Waals surface area contributed by atoms with Gasteiger partial charge in [0.05, 0.1) is 11.8 Å². The van der Waals surface area contributed by atoms with Crippen molar-refractivity contribution < 1.29 is 4.39 Å². The number of rotatable bonds is 2. The number of benzene rings is 2. The van der Waals surface area contributed by atoms with E-state index in [0.29, 0.717) is 12.0 Å². The van der Waals surface area contributed by atoms with Crippen LogP contribution < -0.4 is 0 Å². The highest BCUT2D eigenvalue weighted by Gasteiger charge is 2.31. The zero-order valence-electron chi connectivity index (χ0n) is 13.4. The van der Waals surface area contributed by atoms with Gasteiger partial charge < -0.3 is 4.90 Å². The Hall–Kier alpha value is -2.00. The van der Waals surface area contributed by atoms with Crippen LogP contribution in [0.5, 0.6) is 0 Å². The van der Waals surface area contributed by atoms with Crippen LogP contribution in [-0.4, -0.2) is 36.8 Å². The predicted octanol–water partition coefficient (Wildman–Crippen LogP) is 3.54. The fraction of sp³-hybridized carbons (Fsp3) is 0.350. The molecule has 0 unspecified atom stereocenters. The number of hydrogen-bond donors (Lipinski definition) is 0. The molecule has 2 atom stereocenters. The van der Waals surface area contributed by atoms with E-state index in [1.165, 1.54) is 29.7 Å². The number of hydrogen-bond acceptors (Lipinski definition) is 2. The Bertz CT molecular complexity index is 736. The van der Waals surface area contributed by atoms with Gasteiger partial charge >= 0.3 is 0 Å². The molecule has 0 aromatic heterocycles. The number of halogens is 1. The second-order valence-corrected chi connectivity index (χ2v) is 6.72. The van der Waals surface area contributed by atoms with E-state index in [1.54, 1.807) is 0 Å². The van der Waals surface area contributed by atoms with Gasteiger partial charge in [-0.25, -0.2) is 4.39 Å². The predicted molar refractivity (Wildman–Crippen MR) is 91.6 cm³/mol. The van der Waals surface area contributed by atoms with E-state index in [0.717, 1.165) is 30.8 Å². The summed E-state index contributed by atoms with van der Waals surface area (Å²) in [7, 11) is 2.18. The molecule has 2 aromatic carbocycles. The molecule has 2 aliphatic rings. The molecule has 23 heavy (non-hydrogen) atoms.